The van der Waals surface area contributed by atoms with E-state index in [1.165, 1.54) is 0 Å². The Morgan fingerprint density at radius 3 is 2.62 bits per heavy atom. The second-order valence-electron chi connectivity index (χ2n) is 3.99. The van der Waals surface area contributed by atoms with Crippen molar-refractivity contribution in [3.8, 4) is 0 Å². The van der Waals surface area contributed by atoms with Crippen molar-refractivity contribution < 1.29 is 14.6 Å². The minimum absolute atomic E-state index is 0.0960. The lowest BCUT2D eigenvalue weighted by Gasteiger charge is -2.18. The molecule has 1 N–H and O–H groups in total. The molecule has 1 aliphatic heterocycles. The molecule has 0 saturated carbocycles. The zero-order valence-corrected chi connectivity index (χ0v) is 10.3. The minimum atomic E-state index is -0.766. The predicted octanol–water partition coefficient (Wildman–Crippen LogP) is 2.65. The Labute approximate surface area is 103 Å². The molecule has 86 valence electrons. The van der Waals surface area contributed by atoms with Gasteiger partial charge in [0.05, 0.1) is 12.5 Å². The van der Waals surface area contributed by atoms with E-state index in [1.54, 1.807) is 0 Å². The molecule has 4 heteroatoms. The Morgan fingerprint density at radius 1 is 1.44 bits per heavy atom. The molecule has 2 rings (SSSR count). The number of carboxylic acids is 1. The van der Waals surface area contributed by atoms with Crippen LogP contribution >= 0.6 is 15.9 Å². The number of hydrogen-bond donors (Lipinski definition) is 1. The molecule has 3 nitrogen and oxygen atoms in total. The Hall–Kier alpha value is -0.870. The topological polar surface area (TPSA) is 46.5 Å². The van der Waals surface area contributed by atoms with Gasteiger partial charge < -0.3 is 9.84 Å². The molecule has 2 atom stereocenters. The molecule has 0 radical (unpaired) electrons. The van der Waals surface area contributed by atoms with E-state index in [2.05, 4.69) is 15.9 Å². The number of carbonyl (C=O) groups is 1. The van der Waals surface area contributed by atoms with Crippen LogP contribution in [0.2, 0.25) is 0 Å². The first kappa shape index (κ1) is 11.6. The summed E-state index contributed by atoms with van der Waals surface area (Å²) in [6.45, 7) is 1.22. The van der Waals surface area contributed by atoms with Crippen LogP contribution in [0.1, 0.15) is 17.9 Å². The highest BCUT2D eigenvalue weighted by atomic mass is 79.9. The lowest BCUT2D eigenvalue weighted by atomic mass is 9.85. The molecule has 2 unspecified atom stereocenters. The first-order valence-electron chi connectivity index (χ1n) is 5.24. The van der Waals surface area contributed by atoms with Gasteiger partial charge in [0.2, 0.25) is 0 Å². The second kappa shape index (κ2) is 4.97. The molecule has 0 bridgehead atoms. The van der Waals surface area contributed by atoms with Gasteiger partial charge in [-0.15, -0.1) is 0 Å². The Kier molecular flexibility index (Phi) is 3.61. The second-order valence-corrected chi connectivity index (χ2v) is 4.91. The van der Waals surface area contributed by atoms with Crippen LogP contribution in [0.5, 0.6) is 0 Å². The van der Waals surface area contributed by atoms with Crippen molar-refractivity contribution in [2.45, 2.75) is 12.3 Å². The van der Waals surface area contributed by atoms with Gasteiger partial charge in [-0.05, 0) is 24.1 Å². The van der Waals surface area contributed by atoms with Gasteiger partial charge in [0.25, 0.3) is 0 Å². The first-order valence-corrected chi connectivity index (χ1v) is 6.04. The third-order valence-electron chi connectivity index (χ3n) is 2.93. The molecule has 1 aromatic rings. The van der Waals surface area contributed by atoms with Crippen molar-refractivity contribution in [3.05, 3.63) is 34.3 Å². The molecular formula is C12H13BrO3. The molecule has 1 fully saturated rings. The van der Waals surface area contributed by atoms with E-state index in [9.17, 15) is 9.90 Å². The van der Waals surface area contributed by atoms with Crippen molar-refractivity contribution in [2.75, 3.05) is 13.2 Å². The molecule has 1 aliphatic rings. The van der Waals surface area contributed by atoms with E-state index in [4.69, 9.17) is 4.74 Å². The van der Waals surface area contributed by atoms with Crippen LogP contribution in [0, 0.1) is 5.92 Å². The summed E-state index contributed by atoms with van der Waals surface area (Å²) < 4.78 is 6.22. The van der Waals surface area contributed by atoms with E-state index >= 15 is 0 Å². The van der Waals surface area contributed by atoms with Crippen LogP contribution in [-0.2, 0) is 9.53 Å². The monoisotopic (exact) mass is 284 g/mol. The van der Waals surface area contributed by atoms with E-state index in [-0.39, 0.29) is 5.92 Å². The average molecular weight is 285 g/mol. The lowest BCUT2D eigenvalue weighted by molar-refractivity contribution is -0.140. The van der Waals surface area contributed by atoms with E-state index in [0.717, 1.165) is 16.5 Å². The van der Waals surface area contributed by atoms with Gasteiger partial charge in [0, 0.05) is 17.0 Å². The highest BCUT2D eigenvalue weighted by molar-refractivity contribution is 9.10. The number of rotatable bonds is 3. The maximum absolute atomic E-state index is 11.3. The number of aliphatic carboxylic acids is 1. The van der Waals surface area contributed by atoms with Crippen LogP contribution in [0.3, 0.4) is 0 Å². The van der Waals surface area contributed by atoms with E-state index in [0.29, 0.717) is 13.2 Å². The summed E-state index contributed by atoms with van der Waals surface area (Å²) in [6, 6.07) is 7.48. The predicted molar refractivity (Wildman–Crippen MR) is 63.4 cm³/mol. The number of carboxylic acid groups (broad SMARTS) is 1. The molecule has 0 aliphatic carbocycles. The molecular weight excluding hydrogens is 272 g/mol. The van der Waals surface area contributed by atoms with Crippen molar-refractivity contribution >= 4 is 21.9 Å². The summed E-state index contributed by atoms with van der Waals surface area (Å²) in [6.07, 6.45) is 0.826. The van der Waals surface area contributed by atoms with Crippen LogP contribution in [0.4, 0.5) is 0 Å². The zero-order chi connectivity index (χ0) is 11.5. The molecule has 0 aromatic heterocycles. The third kappa shape index (κ3) is 2.44. The zero-order valence-electron chi connectivity index (χ0n) is 8.73. The molecule has 1 aromatic carbocycles. The largest absolute Gasteiger partial charge is 0.481 e. The number of hydrogen-bond acceptors (Lipinski definition) is 2. The van der Waals surface area contributed by atoms with Gasteiger partial charge in [0.1, 0.15) is 0 Å². The standard InChI is InChI=1S/C12H13BrO3/c13-10-3-1-8(2-4-10)11(12(14)15)9-5-6-16-7-9/h1-4,9,11H,5-7H2,(H,14,15). The summed E-state index contributed by atoms with van der Waals surface area (Å²) in [5.74, 6) is -1.12. The molecule has 0 spiro atoms. The van der Waals surface area contributed by atoms with Crippen molar-refractivity contribution in [1.82, 2.24) is 0 Å². The van der Waals surface area contributed by atoms with E-state index in [1.807, 2.05) is 24.3 Å². The van der Waals surface area contributed by atoms with Crippen LogP contribution < -0.4 is 0 Å². The van der Waals surface area contributed by atoms with Gasteiger partial charge in [0.15, 0.2) is 0 Å². The number of ether oxygens (including phenoxy) is 1. The quantitative estimate of drug-likeness (QED) is 0.928. The van der Waals surface area contributed by atoms with Gasteiger partial charge in [-0.1, -0.05) is 28.1 Å². The summed E-state index contributed by atoms with van der Waals surface area (Å²) in [4.78, 5) is 11.3. The van der Waals surface area contributed by atoms with Gasteiger partial charge >= 0.3 is 5.97 Å². The normalized spacial score (nSPS) is 21.9. The smallest absolute Gasteiger partial charge is 0.311 e. The van der Waals surface area contributed by atoms with Crippen molar-refractivity contribution in [3.63, 3.8) is 0 Å². The third-order valence-corrected chi connectivity index (χ3v) is 3.46. The number of halogens is 1. The van der Waals surface area contributed by atoms with E-state index < -0.39 is 11.9 Å². The maximum Gasteiger partial charge on any atom is 0.311 e. The average Bonchev–Trinajstić information content (AvgIpc) is 2.74. The molecule has 1 heterocycles. The maximum atomic E-state index is 11.3. The minimum Gasteiger partial charge on any atom is -0.481 e. The number of benzene rings is 1. The Bertz CT molecular complexity index is 368. The lowest BCUT2D eigenvalue weighted by Crippen LogP contribution is -2.21. The summed E-state index contributed by atoms with van der Waals surface area (Å²) in [5, 5.41) is 9.29. The molecule has 1 saturated heterocycles. The van der Waals surface area contributed by atoms with Crippen LogP contribution in [-0.4, -0.2) is 24.3 Å². The van der Waals surface area contributed by atoms with Gasteiger partial charge in [-0.2, -0.15) is 0 Å². The summed E-state index contributed by atoms with van der Waals surface area (Å²) in [5.41, 5.74) is 0.853. The first-order chi connectivity index (χ1) is 7.68. The van der Waals surface area contributed by atoms with Crippen LogP contribution in [0.15, 0.2) is 28.7 Å². The molecule has 0 amide bonds. The highest BCUT2D eigenvalue weighted by Crippen LogP contribution is 2.31. The fourth-order valence-corrected chi connectivity index (χ4v) is 2.37. The van der Waals surface area contributed by atoms with Gasteiger partial charge in [-0.3, -0.25) is 4.79 Å². The summed E-state index contributed by atoms with van der Waals surface area (Å²) >= 11 is 3.34. The fraction of sp³-hybridized carbons (Fsp3) is 0.417. The Morgan fingerprint density at radius 2 is 2.12 bits per heavy atom. The van der Waals surface area contributed by atoms with Crippen LogP contribution in [0.25, 0.3) is 0 Å². The highest BCUT2D eigenvalue weighted by Gasteiger charge is 2.32. The van der Waals surface area contributed by atoms with Crippen molar-refractivity contribution in [1.29, 1.82) is 0 Å². The van der Waals surface area contributed by atoms with Gasteiger partial charge in [-0.25, -0.2) is 0 Å². The summed E-state index contributed by atoms with van der Waals surface area (Å²) in [7, 11) is 0. The van der Waals surface area contributed by atoms with Crippen molar-refractivity contribution in [2.24, 2.45) is 5.92 Å². The fourth-order valence-electron chi connectivity index (χ4n) is 2.10. The molecule has 16 heavy (non-hydrogen) atoms. The SMILES string of the molecule is O=C(O)C(c1ccc(Br)cc1)C1CCOC1. The Balaban J connectivity index is 2.24.